The maximum Gasteiger partial charge on any atom is 0.293 e. The Kier molecular flexibility index (Phi) is 7.01. The van der Waals surface area contributed by atoms with E-state index in [1.54, 1.807) is 6.08 Å². The zero-order chi connectivity index (χ0) is 20.3. The Bertz CT molecular complexity index is 918. The summed E-state index contributed by atoms with van der Waals surface area (Å²) in [5, 5.41) is -0.214. The molecular weight excluding hydrogens is 506 g/mol. The summed E-state index contributed by atoms with van der Waals surface area (Å²) in [5.41, 5.74) is 3.10. The monoisotopic (exact) mass is 523 g/mol. The van der Waals surface area contributed by atoms with Crippen LogP contribution in [0.15, 0.2) is 50.2 Å². The van der Waals surface area contributed by atoms with Gasteiger partial charge in [-0.1, -0.05) is 36.8 Å². The average Bonchev–Trinajstić information content (AvgIpc) is 2.90. The van der Waals surface area contributed by atoms with Gasteiger partial charge in [0.25, 0.3) is 11.1 Å². The number of carbonyl (C=O) groups excluding carboxylic acids is 2. The highest BCUT2D eigenvalue weighted by molar-refractivity contribution is 9.11. The number of amides is 2. The highest BCUT2D eigenvalue weighted by Gasteiger charge is 2.34. The SMILES string of the molecule is CCCN1C(=O)S/C(=C/c2cc(Br)c(OCc3ccc(C)cc3)c(Br)c2)C1=O. The molecule has 0 atom stereocenters. The number of carbonyl (C=O) groups is 2. The van der Waals surface area contributed by atoms with Crippen molar-refractivity contribution in [2.24, 2.45) is 0 Å². The molecule has 0 unspecified atom stereocenters. The van der Waals surface area contributed by atoms with Crippen LogP contribution in [0.4, 0.5) is 4.79 Å². The Labute approximate surface area is 185 Å². The van der Waals surface area contributed by atoms with E-state index < -0.39 is 0 Å². The van der Waals surface area contributed by atoms with Crippen molar-refractivity contribution < 1.29 is 14.3 Å². The quantitative estimate of drug-likeness (QED) is 0.402. The molecule has 2 aromatic rings. The Balaban J connectivity index is 1.77. The number of halogens is 2. The van der Waals surface area contributed by atoms with Gasteiger partial charge in [-0.25, -0.2) is 0 Å². The molecule has 0 N–H and O–H groups in total. The molecule has 1 heterocycles. The molecule has 0 bridgehead atoms. The Morgan fingerprint density at radius 3 is 2.36 bits per heavy atom. The number of aryl methyl sites for hydroxylation is 1. The van der Waals surface area contributed by atoms with E-state index in [2.05, 4.69) is 44.0 Å². The van der Waals surface area contributed by atoms with E-state index in [4.69, 9.17) is 4.74 Å². The van der Waals surface area contributed by atoms with Crippen molar-refractivity contribution in [3.05, 3.63) is 66.9 Å². The van der Waals surface area contributed by atoms with Gasteiger partial charge in [0.1, 0.15) is 12.4 Å². The summed E-state index contributed by atoms with van der Waals surface area (Å²) >= 11 is 8.06. The summed E-state index contributed by atoms with van der Waals surface area (Å²) in [6.45, 7) is 4.89. The standard InChI is InChI=1S/C21H19Br2NO3S/c1-3-8-24-20(25)18(28-21(24)26)11-15-9-16(22)19(17(23)10-15)27-12-14-6-4-13(2)5-7-14/h4-7,9-11H,3,8,12H2,1-2H3/b18-11+. The van der Waals surface area contributed by atoms with Crippen molar-refractivity contribution in [1.29, 1.82) is 0 Å². The van der Waals surface area contributed by atoms with Crippen LogP contribution in [0.2, 0.25) is 0 Å². The first-order chi connectivity index (χ1) is 13.4. The predicted octanol–water partition coefficient (Wildman–Crippen LogP) is 6.55. The lowest BCUT2D eigenvalue weighted by molar-refractivity contribution is -0.122. The van der Waals surface area contributed by atoms with Crippen molar-refractivity contribution in [3.8, 4) is 5.75 Å². The molecule has 1 aliphatic rings. The second-order valence-corrected chi connectivity index (χ2v) is 9.12. The molecule has 28 heavy (non-hydrogen) atoms. The minimum absolute atomic E-state index is 0.214. The minimum Gasteiger partial charge on any atom is -0.487 e. The van der Waals surface area contributed by atoms with E-state index in [0.29, 0.717) is 23.8 Å². The summed E-state index contributed by atoms with van der Waals surface area (Å²) in [5.74, 6) is 0.459. The lowest BCUT2D eigenvalue weighted by Gasteiger charge is -2.12. The zero-order valence-corrected chi connectivity index (χ0v) is 19.5. The molecule has 2 amide bonds. The van der Waals surface area contributed by atoms with E-state index in [1.165, 1.54) is 10.5 Å². The van der Waals surface area contributed by atoms with Crippen LogP contribution in [0.1, 0.15) is 30.0 Å². The van der Waals surface area contributed by atoms with Crippen LogP contribution < -0.4 is 4.74 Å². The molecule has 3 rings (SSSR count). The highest BCUT2D eigenvalue weighted by atomic mass is 79.9. The largest absolute Gasteiger partial charge is 0.487 e. The number of hydrogen-bond donors (Lipinski definition) is 0. The topological polar surface area (TPSA) is 46.6 Å². The van der Waals surface area contributed by atoms with Crippen LogP contribution in [0, 0.1) is 6.92 Å². The molecule has 0 saturated carbocycles. The normalized spacial score (nSPS) is 15.6. The molecule has 7 heteroatoms. The lowest BCUT2D eigenvalue weighted by atomic mass is 10.1. The number of ether oxygens (including phenoxy) is 1. The fourth-order valence-electron chi connectivity index (χ4n) is 2.71. The molecule has 1 saturated heterocycles. The van der Waals surface area contributed by atoms with E-state index >= 15 is 0 Å². The first-order valence-corrected chi connectivity index (χ1v) is 11.2. The van der Waals surface area contributed by atoms with E-state index in [9.17, 15) is 9.59 Å². The van der Waals surface area contributed by atoms with Crippen LogP contribution in [0.5, 0.6) is 5.75 Å². The smallest absolute Gasteiger partial charge is 0.293 e. The van der Waals surface area contributed by atoms with E-state index in [1.807, 2.05) is 38.1 Å². The van der Waals surface area contributed by atoms with Gasteiger partial charge < -0.3 is 4.74 Å². The Hall–Kier alpha value is -1.57. The molecule has 2 aromatic carbocycles. The maximum atomic E-state index is 12.4. The summed E-state index contributed by atoms with van der Waals surface area (Å²) < 4.78 is 7.50. The summed E-state index contributed by atoms with van der Waals surface area (Å²) in [7, 11) is 0. The molecule has 1 aliphatic heterocycles. The Morgan fingerprint density at radius 1 is 1.11 bits per heavy atom. The van der Waals surface area contributed by atoms with Crippen LogP contribution in [0.3, 0.4) is 0 Å². The van der Waals surface area contributed by atoms with Crippen molar-refractivity contribution in [1.82, 2.24) is 4.90 Å². The molecule has 0 radical (unpaired) electrons. The minimum atomic E-state index is -0.233. The number of nitrogens with zero attached hydrogens (tertiary/aromatic N) is 1. The van der Waals surface area contributed by atoms with Gasteiger partial charge in [0.2, 0.25) is 0 Å². The Morgan fingerprint density at radius 2 is 1.75 bits per heavy atom. The average molecular weight is 525 g/mol. The van der Waals surface area contributed by atoms with Crippen LogP contribution in [0.25, 0.3) is 6.08 Å². The van der Waals surface area contributed by atoms with E-state index in [0.717, 1.165) is 38.3 Å². The fraction of sp³-hybridized carbons (Fsp3) is 0.238. The van der Waals surface area contributed by atoms with Crippen molar-refractivity contribution in [2.75, 3.05) is 6.54 Å². The van der Waals surface area contributed by atoms with Crippen molar-refractivity contribution in [2.45, 2.75) is 26.9 Å². The van der Waals surface area contributed by atoms with Crippen molar-refractivity contribution >= 4 is 60.8 Å². The lowest BCUT2D eigenvalue weighted by Crippen LogP contribution is -2.28. The van der Waals surface area contributed by atoms with Crippen LogP contribution >= 0.6 is 43.6 Å². The number of hydrogen-bond acceptors (Lipinski definition) is 4. The summed E-state index contributed by atoms with van der Waals surface area (Å²) in [6, 6.07) is 11.9. The summed E-state index contributed by atoms with van der Waals surface area (Å²) in [4.78, 5) is 26.1. The molecule has 0 aromatic heterocycles. The van der Waals surface area contributed by atoms with Crippen molar-refractivity contribution in [3.63, 3.8) is 0 Å². The number of imide groups is 1. The third kappa shape index (κ3) is 4.88. The fourth-order valence-corrected chi connectivity index (χ4v) is 5.02. The van der Waals surface area contributed by atoms with Gasteiger partial charge >= 0.3 is 0 Å². The van der Waals surface area contributed by atoms with Gasteiger partial charge in [-0.3, -0.25) is 14.5 Å². The van der Waals surface area contributed by atoms with Gasteiger partial charge in [0, 0.05) is 6.54 Å². The van der Waals surface area contributed by atoms with Gasteiger partial charge in [0.15, 0.2) is 0 Å². The second kappa shape index (κ2) is 9.29. The predicted molar refractivity (Wildman–Crippen MR) is 120 cm³/mol. The van der Waals surface area contributed by atoms with Gasteiger partial charge in [0.05, 0.1) is 13.9 Å². The third-order valence-electron chi connectivity index (χ3n) is 4.14. The van der Waals surface area contributed by atoms with Gasteiger partial charge in [-0.15, -0.1) is 0 Å². The third-order valence-corrected chi connectivity index (χ3v) is 6.23. The molecule has 1 fully saturated rings. The molecule has 4 nitrogen and oxygen atoms in total. The zero-order valence-electron chi connectivity index (χ0n) is 15.5. The molecule has 0 spiro atoms. The number of benzene rings is 2. The second-order valence-electron chi connectivity index (χ2n) is 6.42. The van der Waals surface area contributed by atoms with Crippen LogP contribution in [-0.2, 0) is 11.4 Å². The molecular formula is C21H19Br2NO3S. The summed E-state index contributed by atoms with van der Waals surface area (Å²) in [6.07, 6.45) is 2.48. The van der Waals surface area contributed by atoms with Crippen LogP contribution in [-0.4, -0.2) is 22.6 Å². The number of rotatable bonds is 6. The number of thioether (sulfide) groups is 1. The van der Waals surface area contributed by atoms with E-state index in [-0.39, 0.29) is 11.1 Å². The first-order valence-electron chi connectivity index (χ1n) is 8.81. The first kappa shape index (κ1) is 21.1. The maximum absolute atomic E-state index is 12.4. The van der Waals surface area contributed by atoms with Gasteiger partial charge in [-0.05, 0) is 86.3 Å². The highest BCUT2D eigenvalue weighted by Crippen LogP contribution is 2.38. The van der Waals surface area contributed by atoms with Gasteiger partial charge in [-0.2, -0.15) is 0 Å². The molecule has 146 valence electrons. The molecule has 0 aliphatic carbocycles.